The number of hydrogen-bond donors (Lipinski definition) is 3. The first kappa shape index (κ1) is 27.9. The van der Waals surface area contributed by atoms with Crippen LogP contribution in [0.2, 0.25) is 0 Å². The minimum absolute atomic E-state index is 0. The van der Waals surface area contributed by atoms with Crippen molar-refractivity contribution in [3.8, 4) is 5.75 Å². The third-order valence-corrected chi connectivity index (χ3v) is 5.72. The summed E-state index contributed by atoms with van der Waals surface area (Å²) in [6, 6.07) is 7.59. The number of piperidine rings is 1. The first-order valence-corrected chi connectivity index (χ1v) is 12.5. The molecule has 2 rings (SSSR count). The molecule has 0 radical (unpaired) electrons. The fourth-order valence-electron chi connectivity index (χ4n) is 3.25. The van der Waals surface area contributed by atoms with E-state index in [4.69, 9.17) is 9.88 Å². The normalized spacial score (nSPS) is 16.1. The molecule has 178 valence electrons. The maximum absolute atomic E-state index is 11.2. The van der Waals surface area contributed by atoms with Crippen molar-refractivity contribution in [1.82, 2.24) is 10.2 Å². The summed E-state index contributed by atoms with van der Waals surface area (Å²) in [4.78, 5) is 7.10. The maximum atomic E-state index is 11.2. The number of primary sulfonamides is 1. The first-order valence-electron chi connectivity index (χ1n) is 10.8. The van der Waals surface area contributed by atoms with Crippen molar-refractivity contribution in [1.29, 1.82) is 0 Å². The number of nitrogens with one attached hydrogen (secondary N) is 2. The van der Waals surface area contributed by atoms with E-state index in [1.165, 1.54) is 12.8 Å². The summed E-state index contributed by atoms with van der Waals surface area (Å²) in [5, 5.41) is 11.4. The van der Waals surface area contributed by atoms with Crippen molar-refractivity contribution in [2.75, 3.05) is 43.8 Å². The summed E-state index contributed by atoms with van der Waals surface area (Å²) < 4.78 is 28.1. The zero-order valence-corrected chi connectivity index (χ0v) is 22.0. The molecule has 10 heteroatoms. The molecule has 8 nitrogen and oxygen atoms in total. The Morgan fingerprint density at radius 1 is 1.26 bits per heavy atom. The molecule has 31 heavy (non-hydrogen) atoms. The van der Waals surface area contributed by atoms with Crippen LogP contribution in [0.5, 0.6) is 5.75 Å². The average Bonchev–Trinajstić information content (AvgIpc) is 2.66. The van der Waals surface area contributed by atoms with Crippen molar-refractivity contribution in [3.63, 3.8) is 0 Å². The highest BCUT2D eigenvalue weighted by molar-refractivity contribution is 14.0. The summed E-state index contributed by atoms with van der Waals surface area (Å²) >= 11 is 0. The van der Waals surface area contributed by atoms with Gasteiger partial charge in [0, 0.05) is 18.8 Å². The lowest BCUT2D eigenvalue weighted by molar-refractivity contribution is 0.192. The number of halogens is 1. The topological polar surface area (TPSA) is 109 Å². The van der Waals surface area contributed by atoms with Crippen LogP contribution in [-0.4, -0.2) is 63.9 Å². The molecule has 1 aromatic rings. The summed E-state index contributed by atoms with van der Waals surface area (Å²) in [5.41, 5.74) is 0.845. The second-order valence-electron chi connectivity index (χ2n) is 8.22. The van der Waals surface area contributed by atoms with Crippen molar-refractivity contribution in [2.24, 2.45) is 16.0 Å². The summed E-state index contributed by atoms with van der Waals surface area (Å²) in [6.07, 6.45) is 3.60. The van der Waals surface area contributed by atoms with E-state index >= 15 is 0 Å². The van der Waals surface area contributed by atoms with Gasteiger partial charge in [-0.1, -0.05) is 6.92 Å². The molecule has 0 bridgehead atoms. The summed E-state index contributed by atoms with van der Waals surface area (Å²) in [7, 11) is -3.52. The largest absolute Gasteiger partial charge is 0.491 e. The number of sulfonamides is 1. The number of hydrogen-bond acceptors (Lipinski definition) is 5. The molecule has 1 aliphatic heterocycles. The molecule has 0 atom stereocenters. The van der Waals surface area contributed by atoms with Crippen LogP contribution < -0.4 is 20.5 Å². The average molecular weight is 568 g/mol. The molecule has 0 saturated carbocycles. The molecule has 1 aliphatic rings. The first-order chi connectivity index (χ1) is 14.2. The number of guanidine groups is 1. The van der Waals surface area contributed by atoms with E-state index in [1.807, 2.05) is 38.1 Å². The van der Waals surface area contributed by atoms with Gasteiger partial charge < -0.3 is 20.3 Å². The number of anilines is 1. The number of nitrogens with zero attached hydrogens (tertiary/aromatic N) is 2. The molecule has 0 aromatic heterocycles. The van der Waals surface area contributed by atoms with E-state index in [0.717, 1.165) is 43.4 Å². The van der Waals surface area contributed by atoms with Crippen LogP contribution in [0.4, 0.5) is 5.69 Å². The minimum atomic E-state index is -3.52. The van der Waals surface area contributed by atoms with Crippen LogP contribution in [0, 0.1) is 5.92 Å². The van der Waals surface area contributed by atoms with Crippen LogP contribution in [-0.2, 0) is 10.0 Å². The molecule has 0 unspecified atom stereocenters. The third kappa shape index (κ3) is 12.5. The van der Waals surface area contributed by atoms with E-state index < -0.39 is 10.0 Å². The third-order valence-electron chi connectivity index (χ3n) is 4.95. The van der Waals surface area contributed by atoms with Crippen LogP contribution in [0.15, 0.2) is 29.3 Å². The van der Waals surface area contributed by atoms with Crippen molar-refractivity contribution >= 4 is 45.6 Å². The van der Waals surface area contributed by atoms with E-state index in [9.17, 15) is 8.42 Å². The SMILES string of the molecule is CC1CCN(CCCN=C(NCCS(N)(=O)=O)Nc2ccc(OC(C)C)cc2)CC1.I. The van der Waals surface area contributed by atoms with Gasteiger partial charge in [0.1, 0.15) is 5.75 Å². The maximum Gasteiger partial charge on any atom is 0.210 e. The quantitative estimate of drug-likeness (QED) is 0.174. The zero-order chi connectivity index (χ0) is 22.0. The zero-order valence-electron chi connectivity index (χ0n) is 18.8. The fourth-order valence-corrected chi connectivity index (χ4v) is 3.63. The van der Waals surface area contributed by atoms with Gasteiger partial charge in [0.2, 0.25) is 10.0 Å². The van der Waals surface area contributed by atoms with Crippen LogP contribution in [0.1, 0.15) is 40.0 Å². The molecule has 1 heterocycles. The Hall–Kier alpha value is -1.11. The Bertz CT molecular complexity index is 764. The highest BCUT2D eigenvalue weighted by atomic mass is 127. The van der Waals surface area contributed by atoms with Gasteiger partial charge >= 0.3 is 0 Å². The summed E-state index contributed by atoms with van der Waals surface area (Å²) in [6.45, 7) is 10.5. The van der Waals surface area contributed by atoms with Gasteiger partial charge in [0.25, 0.3) is 0 Å². The standard InChI is InChI=1S/C21H37N5O3S.HI/c1-17(2)29-20-7-5-19(6-8-20)25-21(24-12-16-30(22,27)28)23-11-4-13-26-14-9-18(3)10-15-26;/h5-8,17-18H,4,9-16H2,1-3H3,(H2,22,27,28)(H2,23,24,25);1H. The molecular formula is C21H38IN5O3S. The Balaban J connectivity index is 0.00000480. The lowest BCUT2D eigenvalue weighted by Gasteiger charge is -2.29. The summed E-state index contributed by atoms with van der Waals surface area (Å²) in [5.74, 6) is 2.02. The van der Waals surface area contributed by atoms with Crippen molar-refractivity contribution in [3.05, 3.63) is 24.3 Å². The van der Waals surface area contributed by atoms with Crippen LogP contribution in [0.25, 0.3) is 0 Å². The molecular weight excluding hydrogens is 529 g/mol. The molecule has 0 amide bonds. The number of rotatable bonds is 10. The van der Waals surface area contributed by atoms with Gasteiger partial charge in [0.05, 0.1) is 11.9 Å². The van der Waals surface area contributed by atoms with Gasteiger partial charge in [-0.05, 0) is 82.9 Å². The highest BCUT2D eigenvalue weighted by Gasteiger charge is 2.14. The van der Waals surface area contributed by atoms with E-state index in [-0.39, 0.29) is 42.4 Å². The van der Waals surface area contributed by atoms with Gasteiger partial charge in [-0.15, -0.1) is 24.0 Å². The Morgan fingerprint density at radius 2 is 1.90 bits per heavy atom. The second kappa shape index (κ2) is 14.1. The number of aliphatic imine (C=N–C) groups is 1. The Kier molecular flexibility index (Phi) is 12.7. The Labute approximate surface area is 204 Å². The monoisotopic (exact) mass is 567 g/mol. The predicted octanol–water partition coefficient (Wildman–Crippen LogP) is 2.86. The van der Waals surface area contributed by atoms with Gasteiger partial charge in [-0.3, -0.25) is 4.99 Å². The molecule has 4 N–H and O–H groups in total. The smallest absolute Gasteiger partial charge is 0.210 e. The second-order valence-corrected chi connectivity index (χ2v) is 9.95. The number of ether oxygens (including phenoxy) is 1. The van der Waals surface area contributed by atoms with E-state index in [2.05, 4.69) is 27.4 Å². The predicted molar refractivity (Wildman–Crippen MR) is 139 cm³/mol. The number of likely N-dealkylation sites (tertiary alicyclic amines) is 1. The molecule has 0 spiro atoms. The fraction of sp³-hybridized carbons (Fsp3) is 0.667. The molecule has 0 aliphatic carbocycles. The Morgan fingerprint density at radius 3 is 2.48 bits per heavy atom. The van der Waals surface area contributed by atoms with Gasteiger partial charge in [-0.2, -0.15) is 0 Å². The highest BCUT2D eigenvalue weighted by Crippen LogP contribution is 2.17. The number of benzene rings is 1. The van der Waals surface area contributed by atoms with E-state index in [0.29, 0.717) is 12.5 Å². The lowest BCUT2D eigenvalue weighted by atomic mass is 9.99. The van der Waals surface area contributed by atoms with Crippen molar-refractivity contribution < 1.29 is 13.2 Å². The van der Waals surface area contributed by atoms with Gasteiger partial charge in [0.15, 0.2) is 5.96 Å². The minimum Gasteiger partial charge on any atom is -0.491 e. The van der Waals surface area contributed by atoms with E-state index in [1.54, 1.807) is 0 Å². The lowest BCUT2D eigenvalue weighted by Crippen LogP contribution is -2.36. The van der Waals surface area contributed by atoms with Crippen molar-refractivity contribution in [2.45, 2.75) is 46.1 Å². The number of nitrogens with two attached hydrogens (primary N) is 1. The molecule has 1 aromatic carbocycles. The van der Waals surface area contributed by atoms with Crippen LogP contribution in [0.3, 0.4) is 0 Å². The molecule has 1 fully saturated rings. The van der Waals surface area contributed by atoms with Gasteiger partial charge in [-0.25, -0.2) is 13.6 Å². The molecule has 1 saturated heterocycles. The van der Waals surface area contributed by atoms with Crippen LogP contribution >= 0.6 is 24.0 Å².